The zero-order valence-corrected chi connectivity index (χ0v) is 12.4. The van der Waals surface area contributed by atoms with Crippen molar-refractivity contribution in [1.29, 1.82) is 0 Å². The Morgan fingerprint density at radius 1 is 1.42 bits per heavy atom. The summed E-state index contributed by atoms with van der Waals surface area (Å²) in [6.07, 6.45) is 2.40. The molecule has 0 spiro atoms. The van der Waals surface area contributed by atoms with Gasteiger partial charge < -0.3 is 0 Å². The second kappa shape index (κ2) is 5.56. The first kappa shape index (κ1) is 13.0. The summed E-state index contributed by atoms with van der Waals surface area (Å²) in [4.78, 5) is 3.60. The van der Waals surface area contributed by atoms with Gasteiger partial charge in [0.2, 0.25) is 0 Å². The molecule has 3 rings (SSSR count). The van der Waals surface area contributed by atoms with Crippen molar-refractivity contribution >= 4 is 22.9 Å². The van der Waals surface area contributed by atoms with Gasteiger partial charge in [-0.1, -0.05) is 18.5 Å². The molecule has 0 bridgehead atoms. The number of tetrazole rings is 1. The number of halogens is 1. The second-order valence-corrected chi connectivity index (χ2v) is 6.58. The topological polar surface area (TPSA) is 46.8 Å². The molecule has 1 saturated carbocycles. The minimum Gasteiger partial charge on any atom is -0.291 e. The normalized spacial score (nSPS) is 15.3. The Morgan fingerprint density at radius 2 is 2.26 bits per heavy atom. The Kier molecular flexibility index (Phi) is 3.81. The summed E-state index contributed by atoms with van der Waals surface area (Å²) in [7, 11) is 0. The third kappa shape index (κ3) is 3.13. The van der Waals surface area contributed by atoms with E-state index in [0.29, 0.717) is 6.04 Å². The van der Waals surface area contributed by atoms with Crippen molar-refractivity contribution < 1.29 is 0 Å². The summed E-state index contributed by atoms with van der Waals surface area (Å²) in [5.41, 5.74) is 0. The largest absolute Gasteiger partial charge is 0.291 e. The van der Waals surface area contributed by atoms with Crippen LogP contribution in [0.15, 0.2) is 12.1 Å². The molecule has 1 fully saturated rings. The van der Waals surface area contributed by atoms with Gasteiger partial charge in [0.15, 0.2) is 5.82 Å². The third-order valence-corrected chi connectivity index (χ3v) is 4.49. The number of nitrogens with zero attached hydrogens (tertiary/aromatic N) is 5. The summed E-state index contributed by atoms with van der Waals surface area (Å²) < 4.78 is 2.82. The van der Waals surface area contributed by atoms with E-state index in [2.05, 4.69) is 33.4 Å². The molecule has 0 unspecified atom stereocenters. The molecule has 19 heavy (non-hydrogen) atoms. The zero-order chi connectivity index (χ0) is 13.2. The molecule has 1 aliphatic rings. The van der Waals surface area contributed by atoms with Gasteiger partial charge in [-0.15, -0.1) is 16.4 Å². The molecule has 0 saturated heterocycles. The molecule has 0 N–H and O–H groups in total. The highest BCUT2D eigenvalue weighted by atomic mass is 35.5. The SMILES string of the molecule is CCN(Cc1ccc(Cl)s1)Cc1nnnn1C1CC1. The lowest BCUT2D eigenvalue weighted by Crippen LogP contribution is -2.24. The number of aromatic nitrogens is 4. The van der Waals surface area contributed by atoms with E-state index in [1.807, 2.05) is 10.7 Å². The minimum atomic E-state index is 0.528. The maximum absolute atomic E-state index is 5.97. The van der Waals surface area contributed by atoms with Crippen molar-refractivity contribution in [2.45, 2.75) is 38.9 Å². The fourth-order valence-corrected chi connectivity index (χ4v) is 3.19. The fourth-order valence-electron chi connectivity index (χ4n) is 2.06. The van der Waals surface area contributed by atoms with Crippen LogP contribution in [-0.2, 0) is 13.1 Å². The van der Waals surface area contributed by atoms with E-state index in [1.165, 1.54) is 17.7 Å². The third-order valence-electron chi connectivity index (χ3n) is 3.27. The fraction of sp³-hybridized carbons (Fsp3) is 0.583. The zero-order valence-electron chi connectivity index (χ0n) is 10.8. The molecule has 102 valence electrons. The van der Waals surface area contributed by atoms with Gasteiger partial charge in [-0.25, -0.2) is 4.68 Å². The highest BCUT2D eigenvalue weighted by molar-refractivity contribution is 7.16. The highest BCUT2D eigenvalue weighted by Crippen LogP contribution is 2.34. The van der Waals surface area contributed by atoms with Gasteiger partial charge in [0.05, 0.1) is 16.9 Å². The quantitative estimate of drug-likeness (QED) is 0.822. The smallest absolute Gasteiger partial charge is 0.165 e. The van der Waals surface area contributed by atoms with Crippen molar-refractivity contribution in [1.82, 2.24) is 25.1 Å². The van der Waals surface area contributed by atoms with Crippen LogP contribution < -0.4 is 0 Å². The molecule has 0 aromatic carbocycles. The van der Waals surface area contributed by atoms with Gasteiger partial charge in [0.1, 0.15) is 0 Å². The van der Waals surface area contributed by atoms with Crippen molar-refractivity contribution in [3.05, 3.63) is 27.2 Å². The summed E-state index contributed by atoms with van der Waals surface area (Å²) in [6.45, 7) is 4.80. The maximum Gasteiger partial charge on any atom is 0.165 e. The summed E-state index contributed by atoms with van der Waals surface area (Å²) >= 11 is 7.60. The molecule has 2 aromatic heterocycles. The molecular formula is C12H16ClN5S. The molecule has 0 radical (unpaired) electrons. The van der Waals surface area contributed by atoms with E-state index in [9.17, 15) is 0 Å². The lowest BCUT2D eigenvalue weighted by Gasteiger charge is -2.18. The van der Waals surface area contributed by atoms with Gasteiger partial charge in [0, 0.05) is 11.4 Å². The van der Waals surface area contributed by atoms with Crippen LogP contribution in [0.2, 0.25) is 4.34 Å². The number of hydrogen-bond donors (Lipinski definition) is 0. The van der Waals surface area contributed by atoms with Crippen molar-refractivity contribution in [3.63, 3.8) is 0 Å². The minimum absolute atomic E-state index is 0.528. The van der Waals surface area contributed by atoms with Crippen LogP contribution in [0.1, 0.15) is 36.5 Å². The van der Waals surface area contributed by atoms with Crippen molar-refractivity contribution in [3.8, 4) is 0 Å². The molecule has 5 nitrogen and oxygen atoms in total. The van der Waals surface area contributed by atoms with Crippen LogP contribution >= 0.6 is 22.9 Å². The summed E-state index contributed by atoms with van der Waals surface area (Å²) in [5, 5.41) is 12.0. The van der Waals surface area contributed by atoms with E-state index >= 15 is 0 Å². The van der Waals surface area contributed by atoms with Crippen LogP contribution in [0.4, 0.5) is 0 Å². The average Bonchev–Trinajstić information content (AvgIpc) is 3.01. The molecule has 0 aliphatic heterocycles. The molecule has 2 heterocycles. The lowest BCUT2D eigenvalue weighted by molar-refractivity contribution is 0.260. The standard InChI is InChI=1S/C12H16ClN5S/c1-2-17(7-10-5-6-11(13)19-10)8-12-14-15-16-18(12)9-3-4-9/h5-6,9H,2-4,7-8H2,1H3. The number of hydrogen-bond acceptors (Lipinski definition) is 5. The predicted octanol–water partition coefficient (Wildman–Crippen LogP) is 2.75. The van der Waals surface area contributed by atoms with Gasteiger partial charge in [0.25, 0.3) is 0 Å². The van der Waals surface area contributed by atoms with Crippen LogP contribution in [0.3, 0.4) is 0 Å². The predicted molar refractivity (Wildman–Crippen MR) is 75.2 cm³/mol. The summed E-state index contributed by atoms with van der Waals surface area (Å²) in [5.74, 6) is 0.965. The van der Waals surface area contributed by atoms with Crippen molar-refractivity contribution in [2.75, 3.05) is 6.54 Å². The first-order valence-corrected chi connectivity index (χ1v) is 7.69. The van der Waals surface area contributed by atoms with E-state index in [1.54, 1.807) is 11.3 Å². The Balaban J connectivity index is 1.67. The second-order valence-electron chi connectivity index (χ2n) is 4.78. The molecule has 0 amide bonds. The molecule has 1 aliphatic carbocycles. The van der Waals surface area contributed by atoms with Crippen LogP contribution in [0.25, 0.3) is 0 Å². The Labute approximate surface area is 121 Å². The van der Waals surface area contributed by atoms with Crippen LogP contribution in [0, 0.1) is 0 Å². The van der Waals surface area contributed by atoms with E-state index in [4.69, 9.17) is 11.6 Å². The monoisotopic (exact) mass is 297 g/mol. The van der Waals surface area contributed by atoms with Gasteiger partial charge in [-0.3, -0.25) is 4.90 Å². The first-order chi connectivity index (χ1) is 9.26. The van der Waals surface area contributed by atoms with E-state index in [-0.39, 0.29) is 0 Å². The molecule has 0 atom stereocenters. The lowest BCUT2D eigenvalue weighted by atomic mass is 10.4. The Morgan fingerprint density at radius 3 is 2.89 bits per heavy atom. The molecule has 2 aromatic rings. The van der Waals surface area contributed by atoms with E-state index in [0.717, 1.165) is 29.8 Å². The van der Waals surface area contributed by atoms with Gasteiger partial charge in [-0.05, 0) is 41.9 Å². The molecular weight excluding hydrogens is 282 g/mol. The number of thiophene rings is 1. The highest BCUT2D eigenvalue weighted by Gasteiger charge is 2.28. The number of rotatable bonds is 6. The average molecular weight is 298 g/mol. The maximum atomic E-state index is 5.97. The van der Waals surface area contributed by atoms with Gasteiger partial charge >= 0.3 is 0 Å². The Hall–Kier alpha value is -0.980. The molecule has 7 heteroatoms. The van der Waals surface area contributed by atoms with Crippen LogP contribution in [-0.4, -0.2) is 31.7 Å². The van der Waals surface area contributed by atoms with Gasteiger partial charge in [-0.2, -0.15) is 0 Å². The van der Waals surface area contributed by atoms with E-state index < -0.39 is 0 Å². The Bertz CT molecular complexity index is 548. The summed E-state index contributed by atoms with van der Waals surface area (Å²) in [6, 6.07) is 4.56. The van der Waals surface area contributed by atoms with Crippen LogP contribution in [0.5, 0.6) is 0 Å². The van der Waals surface area contributed by atoms with Crippen molar-refractivity contribution in [2.24, 2.45) is 0 Å². The first-order valence-electron chi connectivity index (χ1n) is 6.49.